The average Bonchev–Trinajstić information content (AvgIpc) is 3.00. The predicted octanol–water partition coefficient (Wildman–Crippen LogP) is 5.29. The molecule has 1 aliphatic rings. The van der Waals surface area contributed by atoms with Gasteiger partial charge in [0.25, 0.3) is 0 Å². The summed E-state index contributed by atoms with van der Waals surface area (Å²) in [6.07, 6.45) is 0. The molecule has 8 nitrogen and oxygen atoms in total. The van der Waals surface area contributed by atoms with Gasteiger partial charge in [-0.2, -0.15) is 0 Å². The number of rotatable bonds is 8. The first-order chi connectivity index (χ1) is 20.2. The Morgan fingerprint density at radius 3 is 1.12 bits per heavy atom. The van der Waals surface area contributed by atoms with Gasteiger partial charge in [0.15, 0.2) is 0 Å². The van der Waals surface area contributed by atoms with E-state index >= 15 is 0 Å². The van der Waals surface area contributed by atoms with E-state index < -0.39 is 47.4 Å². The maximum Gasteiger partial charge on any atom is 0.308 e. The number of carbonyl (C=O) groups excluding carboxylic acids is 2. The molecule has 0 unspecified atom stereocenters. The van der Waals surface area contributed by atoms with E-state index in [9.17, 15) is 29.4 Å². The monoisotopic (exact) mass is 562 g/mol. The van der Waals surface area contributed by atoms with Crippen molar-refractivity contribution in [3.05, 3.63) is 109 Å². The second-order valence-electron chi connectivity index (χ2n) is 10.3. The summed E-state index contributed by atoms with van der Waals surface area (Å²) < 4.78 is 0. The standard InChI is InChI=1S/C34H30N2O6/c1-35(25-19-11-9-17-23(25)21-13-5-3-6-14-21)31(37)27-29(33(39)40)28(30(27)34(41)42)32(38)36(2)26-20-12-10-18-24(26)22-15-7-4-8-16-22/h3-20,27-30H,1-2H3,(H,39,40)(H,41,42). The summed E-state index contributed by atoms with van der Waals surface area (Å²) in [6, 6.07) is 33.0. The lowest BCUT2D eigenvalue weighted by Gasteiger charge is -2.47. The van der Waals surface area contributed by atoms with Crippen LogP contribution in [0.5, 0.6) is 0 Å². The minimum absolute atomic E-state index is 0.505. The van der Waals surface area contributed by atoms with Gasteiger partial charge in [-0.05, 0) is 23.3 Å². The van der Waals surface area contributed by atoms with E-state index in [0.29, 0.717) is 11.4 Å². The maximum absolute atomic E-state index is 13.9. The number of carbonyl (C=O) groups is 4. The van der Waals surface area contributed by atoms with Crippen LogP contribution in [0.15, 0.2) is 109 Å². The molecular weight excluding hydrogens is 532 g/mol. The molecule has 0 atom stereocenters. The Morgan fingerprint density at radius 1 is 0.476 bits per heavy atom. The van der Waals surface area contributed by atoms with Crippen molar-refractivity contribution in [1.29, 1.82) is 0 Å². The van der Waals surface area contributed by atoms with Crippen molar-refractivity contribution in [2.45, 2.75) is 0 Å². The fourth-order valence-corrected chi connectivity index (χ4v) is 5.92. The van der Waals surface area contributed by atoms with Gasteiger partial charge < -0.3 is 20.0 Å². The van der Waals surface area contributed by atoms with Crippen LogP contribution in [0.1, 0.15) is 0 Å². The SMILES string of the molecule is CN(C(=O)C1C(C(=O)O)C(C(=O)N(C)c2ccccc2-c2ccccc2)C1C(=O)O)c1ccccc1-c1ccccc1. The highest BCUT2D eigenvalue weighted by Gasteiger charge is 2.64. The number of benzene rings is 4. The molecule has 4 aromatic rings. The van der Waals surface area contributed by atoms with Crippen LogP contribution >= 0.6 is 0 Å². The Balaban J connectivity index is 1.48. The summed E-state index contributed by atoms with van der Waals surface area (Å²) in [5.41, 5.74) is 4.17. The summed E-state index contributed by atoms with van der Waals surface area (Å²) in [5, 5.41) is 20.4. The largest absolute Gasteiger partial charge is 0.481 e. The van der Waals surface area contributed by atoms with Crippen LogP contribution < -0.4 is 9.80 Å². The van der Waals surface area contributed by atoms with Gasteiger partial charge >= 0.3 is 11.9 Å². The quantitative estimate of drug-likeness (QED) is 0.301. The van der Waals surface area contributed by atoms with Gasteiger partial charge in [0.1, 0.15) is 0 Å². The van der Waals surface area contributed by atoms with Gasteiger partial charge in [-0.3, -0.25) is 19.2 Å². The molecule has 212 valence electrons. The highest BCUT2D eigenvalue weighted by molar-refractivity contribution is 6.09. The van der Waals surface area contributed by atoms with E-state index in [1.54, 1.807) is 24.3 Å². The van der Waals surface area contributed by atoms with Crippen molar-refractivity contribution in [3.63, 3.8) is 0 Å². The number of para-hydroxylation sites is 2. The van der Waals surface area contributed by atoms with Crippen LogP contribution in [0.4, 0.5) is 11.4 Å². The molecule has 0 aliphatic heterocycles. The zero-order chi connectivity index (χ0) is 30.0. The normalized spacial score (nSPS) is 19.3. The first kappa shape index (κ1) is 28.3. The Hall–Kier alpha value is -5.24. The molecule has 42 heavy (non-hydrogen) atoms. The van der Waals surface area contributed by atoms with Crippen LogP contribution in [0.2, 0.25) is 0 Å². The fraction of sp³-hybridized carbons (Fsp3) is 0.176. The fourth-order valence-electron chi connectivity index (χ4n) is 5.92. The molecule has 1 aliphatic carbocycles. The number of carboxylic acid groups (broad SMARTS) is 2. The van der Waals surface area contributed by atoms with E-state index in [1.807, 2.05) is 84.9 Å². The number of nitrogens with zero attached hydrogens (tertiary/aromatic N) is 2. The molecule has 8 heteroatoms. The second kappa shape index (κ2) is 11.7. The van der Waals surface area contributed by atoms with Crippen LogP contribution in [0.25, 0.3) is 22.3 Å². The Morgan fingerprint density at radius 2 is 0.786 bits per heavy atom. The van der Waals surface area contributed by atoms with Gasteiger partial charge in [0.2, 0.25) is 11.8 Å². The molecular formula is C34H30N2O6. The maximum atomic E-state index is 13.9. The zero-order valence-electron chi connectivity index (χ0n) is 23.1. The van der Waals surface area contributed by atoms with Crippen molar-refractivity contribution >= 4 is 35.1 Å². The third kappa shape index (κ3) is 5.03. The molecule has 5 rings (SSSR count). The van der Waals surface area contributed by atoms with Crippen LogP contribution in [-0.4, -0.2) is 48.1 Å². The lowest BCUT2D eigenvalue weighted by atomic mass is 9.55. The summed E-state index contributed by atoms with van der Waals surface area (Å²) in [4.78, 5) is 55.4. The minimum atomic E-state index is -1.51. The molecule has 0 spiro atoms. The van der Waals surface area contributed by atoms with Crippen molar-refractivity contribution in [3.8, 4) is 22.3 Å². The lowest BCUT2D eigenvalue weighted by molar-refractivity contribution is -0.179. The van der Waals surface area contributed by atoms with Crippen molar-refractivity contribution in [2.24, 2.45) is 23.7 Å². The molecule has 0 bridgehead atoms. The lowest BCUT2D eigenvalue weighted by Crippen LogP contribution is -2.64. The van der Waals surface area contributed by atoms with E-state index in [0.717, 1.165) is 22.3 Å². The molecule has 1 fully saturated rings. The van der Waals surface area contributed by atoms with Gasteiger partial charge in [-0.1, -0.05) is 97.1 Å². The van der Waals surface area contributed by atoms with Crippen LogP contribution in [0, 0.1) is 23.7 Å². The molecule has 0 aromatic heterocycles. The number of carboxylic acids is 2. The molecule has 1 saturated carbocycles. The number of hydrogen-bond donors (Lipinski definition) is 2. The summed E-state index contributed by atoms with van der Waals surface area (Å²) in [6.45, 7) is 0. The molecule has 0 heterocycles. The highest BCUT2D eigenvalue weighted by atomic mass is 16.4. The van der Waals surface area contributed by atoms with Gasteiger partial charge in [-0.15, -0.1) is 0 Å². The third-order valence-electron chi connectivity index (χ3n) is 8.05. The van der Waals surface area contributed by atoms with Gasteiger partial charge in [0, 0.05) is 25.2 Å². The third-order valence-corrected chi connectivity index (χ3v) is 8.05. The van der Waals surface area contributed by atoms with Gasteiger partial charge in [0.05, 0.1) is 35.0 Å². The van der Waals surface area contributed by atoms with E-state index in [4.69, 9.17) is 0 Å². The zero-order valence-corrected chi connectivity index (χ0v) is 23.1. The first-order valence-electron chi connectivity index (χ1n) is 13.5. The Bertz CT molecular complexity index is 1510. The smallest absolute Gasteiger partial charge is 0.308 e. The van der Waals surface area contributed by atoms with E-state index in [2.05, 4.69) is 0 Å². The predicted molar refractivity (Wildman–Crippen MR) is 160 cm³/mol. The molecule has 2 N–H and O–H groups in total. The topological polar surface area (TPSA) is 115 Å². The number of hydrogen-bond acceptors (Lipinski definition) is 4. The Kier molecular flexibility index (Phi) is 7.88. The van der Waals surface area contributed by atoms with Crippen molar-refractivity contribution in [2.75, 3.05) is 23.9 Å². The van der Waals surface area contributed by atoms with Crippen LogP contribution in [-0.2, 0) is 19.2 Å². The molecule has 0 saturated heterocycles. The number of amides is 2. The molecule has 0 radical (unpaired) electrons. The van der Waals surface area contributed by atoms with Crippen LogP contribution in [0.3, 0.4) is 0 Å². The Labute approximate surface area is 243 Å². The average molecular weight is 563 g/mol. The van der Waals surface area contributed by atoms with Crippen molar-refractivity contribution in [1.82, 2.24) is 0 Å². The van der Waals surface area contributed by atoms with Crippen molar-refractivity contribution < 1.29 is 29.4 Å². The number of anilines is 2. The minimum Gasteiger partial charge on any atom is -0.481 e. The summed E-state index contributed by atoms with van der Waals surface area (Å²) in [5.74, 6) is -10.0. The summed E-state index contributed by atoms with van der Waals surface area (Å²) in [7, 11) is 3.00. The van der Waals surface area contributed by atoms with E-state index in [1.165, 1.54) is 23.9 Å². The first-order valence-corrected chi connectivity index (χ1v) is 13.5. The molecule has 2 amide bonds. The second-order valence-corrected chi connectivity index (χ2v) is 10.3. The summed E-state index contributed by atoms with van der Waals surface area (Å²) >= 11 is 0. The molecule has 4 aromatic carbocycles. The van der Waals surface area contributed by atoms with E-state index in [-0.39, 0.29) is 0 Å². The highest BCUT2D eigenvalue weighted by Crippen LogP contribution is 2.50. The number of aliphatic carboxylic acids is 2. The van der Waals surface area contributed by atoms with Gasteiger partial charge in [-0.25, -0.2) is 0 Å².